The molecular formula is C16H20N4S. The molecule has 0 fully saturated rings. The summed E-state index contributed by atoms with van der Waals surface area (Å²) >= 11 is 1.76. The SMILES string of the molecule is CN(C)CCN(C)c1nc2cc(N)ccc2c2sccc12. The van der Waals surface area contributed by atoms with Crippen molar-refractivity contribution in [2.45, 2.75) is 0 Å². The van der Waals surface area contributed by atoms with Gasteiger partial charge in [-0.25, -0.2) is 4.98 Å². The normalized spacial score (nSPS) is 11.6. The topological polar surface area (TPSA) is 45.4 Å². The van der Waals surface area contributed by atoms with Crippen molar-refractivity contribution in [2.75, 3.05) is 44.9 Å². The summed E-state index contributed by atoms with van der Waals surface area (Å²) in [7, 11) is 6.27. The second-order valence-electron chi connectivity index (χ2n) is 5.60. The van der Waals surface area contributed by atoms with Gasteiger partial charge in [-0.2, -0.15) is 0 Å². The molecule has 0 spiro atoms. The van der Waals surface area contributed by atoms with Crippen LogP contribution < -0.4 is 10.6 Å². The summed E-state index contributed by atoms with van der Waals surface area (Å²) in [5.41, 5.74) is 7.64. The first-order valence-corrected chi connectivity index (χ1v) is 7.86. The number of anilines is 2. The minimum absolute atomic E-state index is 0.757. The maximum Gasteiger partial charge on any atom is 0.137 e. The summed E-state index contributed by atoms with van der Waals surface area (Å²) in [5.74, 6) is 1.03. The van der Waals surface area contributed by atoms with Gasteiger partial charge in [0.2, 0.25) is 0 Å². The molecule has 2 aromatic heterocycles. The van der Waals surface area contributed by atoms with Gasteiger partial charge in [-0.15, -0.1) is 11.3 Å². The van der Waals surface area contributed by atoms with Crippen molar-refractivity contribution in [1.29, 1.82) is 0 Å². The molecule has 0 unspecified atom stereocenters. The van der Waals surface area contributed by atoms with E-state index in [1.165, 1.54) is 15.5 Å². The molecule has 3 aromatic rings. The van der Waals surface area contributed by atoms with Crippen molar-refractivity contribution in [3.63, 3.8) is 0 Å². The number of likely N-dealkylation sites (N-methyl/N-ethyl adjacent to an activating group) is 2. The Bertz CT molecular complexity index is 778. The maximum absolute atomic E-state index is 5.91. The maximum atomic E-state index is 5.91. The Labute approximate surface area is 128 Å². The monoisotopic (exact) mass is 300 g/mol. The zero-order valence-electron chi connectivity index (χ0n) is 12.6. The Morgan fingerprint density at radius 1 is 1.10 bits per heavy atom. The van der Waals surface area contributed by atoms with Crippen molar-refractivity contribution in [3.05, 3.63) is 29.6 Å². The van der Waals surface area contributed by atoms with Gasteiger partial charge in [0, 0.05) is 41.3 Å². The summed E-state index contributed by atoms with van der Waals surface area (Å²) in [5, 5.41) is 4.53. The number of aromatic nitrogens is 1. The Morgan fingerprint density at radius 2 is 1.90 bits per heavy atom. The highest BCUT2D eigenvalue weighted by atomic mass is 32.1. The molecule has 0 aliphatic rings. The molecule has 110 valence electrons. The van der Waals surface area contributed by atoms with Gasteiger partial charge in [0.05, 0.1) is 5.52 Å². The van der Waals surface area contributed by atoms with Crippen LogP contribution in [0, 0.1) is 0 Å². The number of thiophene rings is 1. The highest BCUT2D eigenvalue weighted by molar-refractivity contribution is 7.18. The van der Waals surface area contributed by atoms with Crippen LogP contribution in [0.4, 0.5) is 11.5 Å². The molecule has 0 aliphatic carbocycles. The predicted molar refractivity (Wildman–Crippen MR) is 93.4 cm³/mol. The van der Waals surface area contributed by atoms with Crippen LogP contribution in [-0.2, 0) is 0 Å². The molecule has 0 aliphatic heterocycles. The van der Waals surface area contributed by atoms with Gasteiger partial charge in [0.15, 0.2) is 0 Å². The molecule has 0 radical (unpaired) electrons. The lowest BCUT2D eigenvalue weighted by atomic mass is 10.1. The van der Waals surface area contributed by atoms with E-state index in [-0.39, 0.29) is 0 Å². The average Bonchev–Trinajstić information content (AvgIpc) is 2.92. The number of benzene rings is 1. The standard InChI is InChI=1S/C16H20N4S/c1-19(2)7-8-20(3)16-13-6-9-21-15(13)12-5-4-11(17)10-14(12)18-16/h4-6,9-10H,7-8,17H2,1-3H3. The van der Waals surface area contributed by atoms with E-state index < -0.39 is 0 Å². The third-order valence-electron chi connectivity index (χ3n) is 3.64. The van der Waals surface area contributed by atoms with Crippen LogP contribution >= 0.6 is 11.3 Å². The fourth-order valence-electron chi connectivity index (χ4n) is 2.45. The molecule has 5 heteroatoms. The molecule has 3 rings (SSSR count). The molecule has 2 heterocycles. The number of hydrogen-bond acceptors (Lipinski definition) is 5. The van der Waals surface area contributed by atoms with Gasteiger partial charge < -0.3 is 15.5 Å². The lowest BCUT2D eigenvalue weighted by molar-refractivity contribution is 0.416. The van der Waals surface area contributed by atoms with Gasteiger partial charge in [0.25, 0.3) is 0 Å². The number of pyridine rings is 1. The van der Waals surface area contributed by atoms with Crippen molar-refractivity contribution in [2.24, 2.45) is 0 Å². The number of rotatable bonds is 4. The molecule has 0 atom stereocenters. The second-order valence-corrected chi connectivity index (χ2v) is 6.52. The van der Waals surface area contributed by atoms with E-state index in [0.717, 1.165) is 30.1 Å². The number of nitrogen functional groups attached to an aromatic ring is 1. The van der Waals surface area contributed by atoms with Gasteiger partial charge in [-0.1, -0.05) is 0 Å². The zero-order chi connectivity index (χ0) is 15.0. The number of fused-ring (bicyclic) bond motifs is 3. The first-order valence-electron chi connectivity index (χ1n) is 6.98. The highest BCUT2D eigenvalue weighted by Crippen LogP contribution is 2.35. The van der Waals surface area contributed by atoms with E-state index >= 15 is 0 Å². The Kier molecular flexibility index (Phi) is 3.69. The molecule has 0 bridgehead atoms. The number of hydrogen-bond donors (Lipinski definition) is 1. The Morgan fingerprint density at radius 3 is 2.67 bits per heavy atom. The fourth-order valence-corrected chi connectivity index (χ4v) is 3.37. The zero-order valence-corrected chi connectivity index (χ0v) is 13.4. The van der Waals surface area contributed by atoms with Crippen LogP contribution in [0.25, 0.3) is 21.0 Å². The fraction of sp³-hybridized carbons (Fsp3) is 0.312. The van der Waals surface area contributed by atoms with Crippen LogP contribution in [0.2, 0.25) is 0 Å². The molecule has 0 amide bonds. The third-order valence-corrected chi connectivity index (χ3v) is 4.59. The van der Waals surface area contributed by atoms with Gasteiger partial charge in [-0.3, -0.25) is 0 Å². The van der Waals surface area contributed by atoms with Crippen LogP contribution in [0.3, 0.4) is 0 Å². The van der Waals surface area contributed by atoms with E-state index in [1.54, 1.807) is 11.3 Å². The minimum Gasteiger partial charge on any atom is -0.399 e. The van der Waals surface area contributed by atoms with E-state index in [4.69, 9.17) is 10.7 Å². The van der Waals surface area contributed by atoms with Crippen molar-refractivity contribution in [1.82, 2.24) is 9.88 Å². The first kappa shape index (κ1) is 14.1. The molecule has 2 N–H and O–H groups in total. The summed E-state index contributed by atoms with van der Waals surface area (Å²) in [6.07, 6.45) is 0. The van der Waals surface area contributed by atoms with Crippen molar-refractivity contribution in [3.8, 4) is 0 Å². The summed E-state index contributed by atoms with van der Waals surface area (Å²) < 4.78 is 1.28. The van der Waals surface area contributed by atoms with Crippen LogP contribution in [0.1, 0.15) is 0 Å². The van der Waals surface area contributed by atoms with E-state index in [1.807, 2.05) is 12.1 Å². The molecule has 0 saturated carbocycles. The molecule has 21 heavy (non-hydrogen) atoms. The third kappa shape index (κ3) is 2.66. The summed E-state index contributed by atoms with van der Waals surface area (Å²) in [6, 6.07) is 8.13. The van der Waals surface area contributed by atoms with E-state index in [2.05, 4.69) is 48.5 Å². The molecule has 0 saturated heterocycles. The Balaban J connectivity index is 2.13. The van der Waals surface area contributed by atoms with Gasteiger partial charge in [0.1, 0.15) is 5.82 Å². The van der Waals surface area contributed by atoms with Crippen molar-refractivity contribution >= 4 is 43.8 Å². The average molecular weight is 300 g/mol. The van der Waals surface area contributed by atoms with Gasteiger partial charge in [-0.05, 0) is 43.7 Å². The quantitative estimate of drug-likeness (QED) is 0.752. The van der Waals surface area contributed by atoms with E-state index in [0.29, 0.717) is 0 Å². The number of nitrogens with zero attached hydrogens (tertiary/aromatic N) is 3. The van der Waals surface area contributed by atoms with Crippen LogP contribution in [0.15, 0.2) is 29.6 Å². The highest BCUT2D eigenvalue weighted by Gasteiger charge is 2.13. The van der Waals surface area contributed by atoms with E-state index in [9.17, 15) is 0 Å². The number of nitrogens with two attached hydrogens (primary N) is 1. The summed E-state index contributed by atoms with van der Waals surface area (Å²) in [4.78, 5) is 9.25. The summed E-state index contributed by atoms with van der Waals surface area (Å²) in [6.45, 7) is 1.94. The smallest absolute Gasteiger partial charge is 0.137 e. The lowest BCUT2D eigenvalue weighted by Crippen LogP contribution is -2.29. The van der Waals surface area contributed by atoms with Crippen molar-refractivity contribution < 1.29 is 0 Å². The molecule has 4 nitrogen and oxygen atoms in total. The second kappa shape index (κ2) is 5.50. The van der Waals surface area contributed by atoms with Crippen LogP contribution in [-0.4, -0.2) is 44.1 Å². The molecular weight excluding hydrogens is 280 g/mol. The van der Waals surface area contributed by atoms with Crippen LogP contribution in [0.5, 0.6) is 0 Å². The largest absolute Gasteiger partial charge is 0.399 e. The lowest BCUT2D eigenvalue weighted by Gasteiger charge is -2.22. The predicted octanol–water partition coefficient (Wildman–Crippen LogP) is 3.03. The first-order chi connectivity index (χ1) is 10.1. The minimum atomic E-state index is 0.757. The molecule has 1 aromatic carbocycles. The Hall–Kier alpha value is -1.85. The van der Waals surface area contributed by atoms with Gasteiger partial charge >= 0.3 is 0 Å².